The first-order valence-electron chi connectivity index (χ1n) is 10.1. The molecule has 1 N–H and O–H groups in total. The van der Waals surface area contributed by atoms with Crippen LogP contribution >= 0.6 is 0 Å². The van der Waals surface area contributed by atoms with E-state index in [0.717, 1.165) is 19.4 Å². The highest BCUT2D eigenvalue weighted by atomic mass is 16.5. The molecule has 0 aliphatic carbocycles. The Balaban J connectivity index is 3.24. The molecule has 0 aliphatic rings. The SMILES string of the molecule is CCCCCCCCCCCCNC(=O)CCCC(=O)OCCC. The van der Waals surface area contributed by atoms with E-state index in [-0.39, 0.29) is 11.9 Å². The Hall–Kier alpha value is -1.06. The fourth-order valence-electron chi connectivity index (χ4n) is 2.61. The van der Waals surface area contributed by atoms with Gasteiger partial charge in [-0.05, 0) is 19.3 Å². The summed E-state index contributed by atoms with van der Waals surface area (Å²) in [6.07, 6.45) is 15.2. The summed E-state index contributed by atoms with van der Waals surface area (Å²) in [5, 5.41) is 2.93. The van der Waals surface area contributed by atoms with Gasteiger partial charge in [0.1, 0.15) is 0 Å². The summed E-state index contributed by atoms with van der Waals surface area (Å²) in [6.45, 7) is 5.45. The lowest BCUT2D eigenvalue weighted by atomic mass is 10.1. The lowest BCUT2D eigenvalue weighted by Crippen LogP contribution is -2.24. The molecular weight excluding hydrogens is 302 g/mol. The van der Waals surface area contributed by atoms with Crippen LogP contribution in [0.5, 0.6) is 0 Å². The van der Waals surface area contributed by atoms with Crippen LogP contribution in [0.2, 0.25) is 0 Å². The second kappa shape index (κ2) is 18.3. The molecule has 0 aromatic heterocycles. The first kappa shape index (κ1) is 22.9. The van der Waals surface area contributed by atoms with Gasteiger partial charge in [0.05, 0.1) is 6.61 Å². The predicted octanol–water partition coefficient (Wildman–Crippen LogP) is 5.15. The van der Waals surface area contributed by atoms with Crippen LogP contribution in [0, 0.1) is 0 Å². The molecule has 0 bridgehead atoms. The van der Waals surface area contributed by atoms with Gasteiger partial charge < -0.3 is 10.1 Å². The summed E-state index contributed by atoms with van der Waals surface area (Å²) in [5.74, 6) is -0.145. The van der Waals surface area contributed by atoms with Gasteiger partial charge in [-0.2, -0.15) is 0 Å². The Bertz CT molecular complexity index is 305. The van der Waals surface area contributed by atoms with Gasteiger partial charge in [-0.15, -0.1) is 0 Å². The molecule has 1 amide bonds. The van der Waals surface area contributed by atoms with E-state index >= 15 is 0 Å². The van der Waals surface area contributed by atoms with Crippen LogP contribution < -0.4 is 5.32 Å². The first-order valence-corrected chi connectivity index (χ1v) is 10.1. The second-order valence-corrected chi connectivity index (χ2v) is 6.61. The molecule has 4 nitrogen and oxygen atoms in total. The van der Waals surface area contributed by atoms with Gasteiger partial charge >= 0.3 is 5.97 Å². The molecule has 142 valence electrons. The molecule has 24 heavy (non-hydrogen) atoms. The molecule has 0 aromatic rings. The number of carbonyl (C=O) groups excluding carboxylic acids is 2. The fraction of sp³-hybridized carbons (Fsp3) is 0.900. The predicted molar refractivity (Wildman–Crippen MR) is 100.0 cm³/mol. The van der Waals surface area contributed by atoms with Crippen LogP contribution in [0.3, 0.4) is 0 Å². The van der Waals surface area contributed by atoms with E-state index in [1.807, 2.05) is 6.92 Å². The zero-order valence-corrected chi connectivity index (χ0v) is 16.0. The van der Waals surface area contributed by atoms with Crippen molar-refractivity contribution in [2.45, 2.75) is 104 Å². The maximum Gasteiger partial charge on any atom is 0.305 e. The van der Waals surface area contributed by atoms with E-state index in [1.165, 1.54) is 57.8 Å². The molecule has 0 radical (unpaired) electrons. The average molecular weight is 342 g/mol. The molecule has 0 rings (SSSR count). The number of ether oxygens (including phenoxy) is 1. The van der Waals surface area contributed by atoms with Crippen molar-refractivity contribution in [1.82, 2.24) is 5.32 Å². The first-order chi connectivity index (χ1) is 11.7. The Labute approximate surface area is 149 Å². The largest absolute Gasteiger partial charge is 0.466 e. The van der Waals surface area contributed by atoms with E-state index in [9.17, 15) is 9.59 Å². The van der Waals surface area contributed by atoms with Crippen molar-refractivity contribution < 1.29 is 14.3 Å². The molecule has 0 aliphatic heterocycles. The van der Waals surface area contributed by atoms with E-state index in [2.05, 4.69) is 12.2 Å². The van der Waals surface area contributed by atoms with Crippen LogP contribution in [0.15, 0.2) is 0 Å². The summed E-state index contributed by atoms with van der Waals surface area (Å²) < 4.78 is 4.97. The number of esters is 1. The maximum atomic E-state index is 11.6. The number of amides is 1. The fourth-order valence-corrected chi connectivity index (χ4v) is 2.61. The molecule has 0 saturated carbocycles. The van der Waals surface area contributed by atoms with Crippen molar-refractivity contribution >= 4 is 11.9 Å². The summed E-state index contributed by atoms with van der Waals surface area (Å²) in [4.78, 5) is 22.9. The minimum absolute atomic E-state index is 0.0502. The molecule has 0 saturated heterocycles. The van der Waals surface area contributed by atoms with E-state index < -0.39 is 0 Å². The van der Waals surface area contributed by atoms with Crippen molar-refractivity contribution in [1.29, 1.82) is 0 Å². The summed E-state index contributed by atoms with van der Waals surface area (Å²) in [6, 6.07) is 0. The molecule has 0 atom stereocenters. The van der Waals surface area contributed by atoms with Gasteiger partial charge in [-0.3, -0.25) is 9.59 Å². The van der Waals surface area contributed by atoms with E-state index in [4.69, 9.17) is 4.74 Å². The molecule has 0 spiro atoms. The van der Waals surface area contributed by atoms with Crippen LogP contribution in [-0.2, 0) is 14.3 Å². The van der Waals surface area contributed by atoms with Crippen molar-refractivity contribution in [3.8, 4) is 0 Å². The van der Waals surface area contributed by atoms with Gasteiger partial charge in [-0.1, -0.05) is 71.6 Å². The quantitative estimate of drug-likeness (QED) is 0.294. The van der Waals surface area contributed by atoms with Gasteiger partial charge in [0.2, 0.25) is 5.91 Å². The van der Waals surface area contributed by atoms with Crippen molar-refractivity contribution in [3.63, 3.8) is 0 Å². The standard InChI is InChI=1S/C20H39NO3/c1-3-5-6-7-8-9-10-11-12-13-17-21-19(22)15-14-16-20(23)24-18-4-2/h3-18H2,1-2H3,(H,21,22). The Morgan fingerprint density at radius 2 is 1.29 bits per heavy atom. The third-order valence-corrected chi connectivity index (χ3v) is 4.10. The molecule has 4 heteroatoms. The Morgan fingerprint density at radius 1 is 0.708 bits per heavy atom. The van der Waals surface area contributed by atoms with Gasteiger partial charge in [0.25, 0.3) is 0 Å². The molecule has 0 unspecified atom stereocenters. The third-order valence-electron chi connectivity index (χ3n) is 4.10. The number of hydrogen-bond donors (Lipinski definition) is 1. The second-order valence-electron chi connectivity index (χ2n) is 6.61. The van der Waals surface area contributed by atoms with E-state index in [0.29, 0.717) is 25.9 Å². The van der Waals surface area contributed by atoms with Crippen molar-refractivity contribution in [2.24, 2.45) is 0 Å². The smallest absolute Gasteiger partial charge is 0.305 e. The third kappa shape index (κ3) is 17.3. The zero-order valence-electron chi connectivity index (χ0n) is 16.0. The molecule has 0 fully saturated rings. The van der Waals surface area contributed by atoms with Crippen LogP contribution in [0.25, 0.3) is 0 Å². The monoisotopic (exact) mass is 341 g/mol. The highest BCUT2D eigenvalue weighted by Crippen LogP contribution is 2.10. The lowest BCUT2D eigenvalue weighted by molar-refractivity contribution is -0.143. The number of nitrogens with one attached hydrogen (secondary N) is 1. The lowest BCUT2D eigenvalue weighted by Gasteiger charge is -2.06. The molecular formula is C20H39NO3. The van der Waals surface area contributed by atoms with Gasteiger partial charge in [-0.25, -0.2) is 0 Å². The molecule has 0 aromatic carbocycles. The average Bonchev–Trinajstić information content (AvgIpc) is 2.57. The highest BCUT2D eigenvalue weighted by Gasteiger charge is 2.05. The zero-order chi connectivity index (χ0) is 17.9. The topological polar surface area (TPSA) is 55.4 Å². The number of hydrogen-bond acceptors (Lipinski definition) is 3. The normalized spacial score (nSPS) is 10.6. The number of rotatable bonds is 17. The highest BCUT2D eigenvalue weighted by molar-refractivity contribution is 5.76. The Morgan fingerprint density at radius 3 is 1.88 bits per heavy atom. The summed E-state index contributed by atoms with van der Waals surface area (Å²) >= 11 is 0. The van der Waals surface area contributed by atoms with Crippen molar-refractivity contribution in [2.75, 3.05) is 13.2 Å². The summed E-state index contributed by atoms with van der Waals surface area (Å²) in [7, 11) is 0. The van der Waals surface area contributed by atoms with Crippen LogP contribution in [0.4, 0.5) is 0 Å². The van der Waals surface area contributed by atoms with Crippen molar-refractivity contribution in [3.05, 3.63) is 0 Å². The minimum Gasteiger partial charge on any atom is -0.466 e. The number of carbonyl (C=O) groups is 2. The minimum atomic E-state index is -0.195. The maximum absolute atomic E-state index is 11.6. The Kier molecular flexibility index (Phi) is 17.5. The number of unbranched alkanes of at least 4 members (excludes halogenated alkanes) is 9. The summed E-state index contributed by atoms with van der Waals surface area (Å²) in [5.41, 5.74) is 0. The van der Waals surface area contributed by atoms with Gasteiger partial charge in [0, 0.05) is 19.4 Å². The molecule has 0 heterocycles. The van der Waals surface area contributed by atoms with Crippen LogP contribution in [-0.4, -0.2) is 25.0 Å². The van der Waals surface area contributed by atoms with Gasteiger partial charge in [0.15, 0.2) is 0 Å². The van der Waals surface area contributed by atoms with E-state index in [1.54, 1.807) is 0 Å². The van der Waals surface area contributed by atoms with Crippen LogP contribution in [0.1, 0.15) is 104 Å².